The molecule has 3 saturated heterocycles. The molecule has 0 aromatic rings. The molecule has 13 heteroatoms. The van der Waals surface area contributed by atoms with Crippen LogP contribution in [-0.2, 0) is 28.5 Å². The summed E-state index contributed by atoms with van der Waals surface area (Å²) in [6.45, 7) is 18.2. The fraction of sp³-hybridized carbons (Fsp3) is 0.973. The minimum Gasteiger partial charge on any atom is -0.459 e. The first kappa shape index (κ1) is 43.4. The second-order valence-electron chi connectivity index (χ2n) is 16.8. The van der Waals surface area contributed by atoms with Crippen LogP contribution in [0.4, 0.5) is 0 Å². The van der Waals surface area contributed by atoms with Crippen LogP contribution in [-0.4, -0.2) is 148 Å². The van der Waals surface area contributed by atoms with Crippen molar-refractivity contribution in [1.82, 2.24) is 10.2 Å². The van der Waals surface area contributed by atoms with Crippen LogP contribution < -0.4 is 5.32 Å². The van der Waals surface area contributed by atoms with E-state index in [1.807, 2.05) is 46.7 Å². The van der Waals surface area contributed by atoms with E-state index >= 15 is 0 Å². The van der Waals surface area contributed by atoms with Gasteiger partial charge in [-0.05, 0) is 93.3 Å². The molecule has 0 amide bonds. The maximum Gasteiger partial charge on any atom is 0.309 e. The number of likely N-dealkylation sites (N-methyl/N-ethyl adjacent to an activating group) is 1. The van der Waals surface area contributed by atoms with Crippen LogP contribution in [0.2, 0.25) is 0 Å². The van der Waals surface area contributed by atoms with Gasteiger partial charge in [-0.1, -0.05) is 27.7 Å². The molecule has 13 nitrogen and oxygen atoms in total. The fourth-order valence-corrected chi connectivity index (χ4v) is 8.91. The van der Waals surface area contributed by atoms with E-state index < -0.39 is 95.6 Å². The Hall–Kier alpha value is -0.970. The van der Waals surface area contributed by atoms with Gasteiger partial charge in [-0.15, -0.1) is 0 Å². The van der Waals surface area contributed by atoms with Gasteiger partial charge in [0.1, 0.15) is 30.0 Å². The highest BCUT2D eigenvalue weighted by atomic mass is 16.7. The Bertz CT molecular complexity index is 1090. The number of nitrogens with one attached hydrogen (secondary N) is 1. The molecular weight excluding hydrogens is 648 g/mol. The number of aliphatic hydroxyl groups is 5. The third-order valence-electron chi connectivity index (χ3n) is 12.1. The van der Waals surface area contributed by atoms with Gasteiger partial charge in [0.05, 0.1) is 41.5 Å². The molecule has 0 spiro atoms. The molecule has 3 fully saturated rings. The average Bonchev–Trinajstić information content (AvgIpc) is 3.03. The standard InChI is InChI=1S/C37H70N2O11/c1-14-27-37(10,45)30(41)23(6)38-18-19(2)16-35(8,44)32(50-34-29(40)25(39(11)12)15-20(3)47-34)21(4)28(22(5)33(43)49-27)26-17-36(9,46-13)31(42)24(7)48-26/h19-32,34,38,40-42,44-45H,14-18H2,1-13H3/t19-,20-,21+,22?,23-,24+,25?,26?,27-,28+,29-,30?,31+,32-,34+,35-,36-,37-/m1/s1. The third kappa shape index (κ3) is 9.39. The number of hydrogen-bond donors (Lipinski definition) is 6. The molecule has 3 aliphatic rings. The van der Waals surface area contributed by atoms with Crippen LogP contribution in [0.3, 0.4) is 0 Å². The van der Waals surface area contributed by atoms with Gasteiger partial charge < -0.3 is 59.4 Å². The minimum atomic E-state index is -1.78. The Kier molecular flexibility index (Phi) is 14.8. The Morgan fingerprint density at radius 2 is 1.58 bits per heavy atom. The smallest absolute Gasteiger partial charge is 0.309 e. The van der Waals surface area contributed by atoms with Crippen molar-refractivity contribution in [3.63, 3.8) is 0 Å². The third-order valence-corrected chi connectivity index (χ3v) is 12.1. The summed E-state index contributed by atoms with van der Waals surface area (Å²) < 4.78 is 31.4. The Morgan fingerprint density at radius 3 is 2.14 bits per heavy atom. The molecule has 50 heavy (non-hydrogen) atoms. The van der Waals surface area contributed by atoms with Crippen LogP contribution in [0.25, 0.3) is 0 Å². The SMILES string of the molecule is CC[C@H]1OC(=O)C(C)[C@@H](C2C[C@@](C)(OC)[C@@H](O)[C@H](C)O2)[C@H](C)[C@@H](O[C@@H]2O[C@H](C)CC(N(C)C)[C@H]2O)[C@](C)(O)C[C@@H](C)CN[C@H](C)C(O)[C@]1(C)O. The number of rotatable bonds is 6. The van der Waals surface area contributed by atoms with Crippen molar-refractivity contribution in [2.45, 2.75) is 179 Å². The van der Waals surface area contributed by atoms with Crippen molar-refractivity contribution in [2.75, 3.05) is 27.7 Å². The number of methoxy groups -OCH3 is 1. The van der Waals surface area contributed by atoms with Crippen LogP contribution >= 0.6 is 0 Å². The van der Waals surface area contributed by atoms with Gasteiger partial charge in [-0.2, -0.15) is 0 Å². The predicted octanol–water partition coefficient (Wildman–Crippen LogP) is 1.83. The zero-order valence-electron chi connectivity index (χ0n) is 32.8. The van der Waals surface area contributed by atoms with Crippen molar-refractivity contribution in [2.24, 2.45) is 23.7 Å². The van der Waals surface area contributed by atoms with E-state index in [-0.39, 0.29) is 37.3 Å². The van der Waals surface area contributed by atoms with E-state index in [0.717, 1.165) is 0 Å². The van der Waals surface area contributed by atoms with E-state index in [2.05, 4.69) is 5.32 Å². The molecule has 0 aromatic carbocycles. The number of carbonyl (C=O) groups excluding carboxylic acids is 1. The predicted molar refractivity (Wildman–Crippen MR) is 188 cm³/mol. The van der Waals surface area contributed by atoms with Crippen LogP contribution in [0.1, 0.15) is 94.9 Å². The molecule has 0 aromatic heterocycles. The molecule has 3 aliphatic heterocycles. The largest absolute Gasteiger partial charge is 0.459 e. The summed E-state index contributed by atoms with van der Waals surface area (Å²) in [5, 5.41) is 61.3. The summed E-state index contributed by atoms with van der Waals surface area (Å²) in [4.78, 5) is 16.2. The van der Waals surface area contributed by atoms with E-state index in [0.29, 0.717) is 13.0 Å². The number of carbonyl (C=O) groups is 1. The van der Waals surface area contributed by atoms with Gasteiger partial charge in [0, 0.05) is 31.5 Å². The number of nitrogens with zero attached hydrogens (tertiary/aromatic N) is 1. The monoisotopic (exact) mass is 718 g/mol. The number of ether oxygens (including phenoxy) is 5. The van der Waals surface area contributed by atoms with Gasteiger partial charge in [-0.3, -0.25) is 4.79 Å². The maximum absolute atomic E-state index is 14.3. The second kappa shape index (κ2) is 17.0. The molecular formula is C37H70N2O11. The molecule has 0 radical (unpaired) electrons. The zero-order chi connectivity index (χ0) is 38.1. The normalized spacial score (nSPS) is 50.7. The van der Waals surface area contributed by atoms with E-state index in [4.69, 9.17) is 23.7 Å². The quantitative estimate of drug-likeness (QED) is 0.219. The Balaban J connectivity index is 2.20. The highest BCUT2D eigenvalue weighted by Crippen LogP contribution is 2.44. The van der Waals surface area contributed by atoms with E-state index in [9.17, 15) is 30.3 Å². The van der Waals surface area contributed by atoms with Gasteiger partial charge in [0.15, 0.2) is 6.29 Å². The van der Waals surface area contributed by atoms with Gasteiger partial charge in [0.25, 0.3) is 0 Å². The first-order chi connectivity index (χ1) is 23.0. The first-order valence-electron chi connectivity index (χ1n) is 18.6. The molecule has 6 N–H and O–H groups in total. The fourth-order valence-electron chi connectivity index (χ4n) is 8.91. The first-order valence-corrected chi connectivity index (χ1v) is 18.6. The van der Waals surface area contributed by atoms with Crippen molar-refractivity contribution in [1.29, 1.82) is 0 Å². The Morgan fingerprint density at radius 1 is 0.960 bits per heavy atom. The highest BCUT2D eigenvalue weighted by molar-refractivity contribution is 5.73. The molecule has 0 bridgehead atoms. The number of cyclic esters (lactones) is 1. The number of aliphatic hydroxyl groups excluding tert-OH is 3. The van der Waals surface area contributed by atoms with Crippen molar-refractivity contribution >= 4 is 5.97 Å². The summed E-state index contributed by atoms with van der Waals surface area (Å²) in [6, 6.07) is -0.825. The summed E-state index contributed by atoms with van der Waals surface area (Å²) in [6.07, 6.45) is -6.54. The van der Waals surface area contributed by atoms with E-state index in [1.165, 1.54) is 14.0 Å². The summed E-state index contributed by atoms with van der Waals surface area (Å²) in [7, 11) is 5.32. The summed E-state index contributed by atoms with van der Waals surface area (Å²) in [5.41, 5.74) is -4.29. The molecule has 294 valence electrons. The highest BCUT2D eigenvalue weighted by Gasteiger charge is 2.54. The van der Waals surface area contributed by atoms with Crippen LogP contribution in [0, 0.1) is 23.7 Å². The number of esters is 1. The minimum absolute atomic E-state index is 0.132. The molecule has 3 heterocycles. The molecule has 0 aliphatic carbocycles. The van der Waals surface area contributed by atoms with Gasteiger partial charge >= 0.3 is 5.97 Å². The zero-order valence-corrected chi connectivity index (χ0v) is 32.8. The maximum atomic E-state index is 14.3. The summed E-state index contributed by atoms with van der Waals surface area (Å²) in [5.74, 6) is -2.89. The van der Waals surface area contributed by atoms with Gasteiger partial charge in [-0.25, -0.2) is 0 Å². The van der Waals surface area contributed by atoms with Crippen LogP contribution in [0.5, 0.6) is 0 Å². The van der Waals surface area contributed by atoms with E-state index in [1.54, 1.807) is 34.6 Å². The summed E-state index contributed by atoms with van der Waals surface area (Å²) >= 11 is 0. The lowest BCUT2D eigenvalue weighted by Crippen LogP contribution is -2.61. The molecule has 18 atom stereocenters. The van der Waals surface area contributed by atoms with Crippen molar-refractivity contribution < 1.29 is 54.0 Å². The average molecular weight is 719 g/mol. The lowest BCUT2D eigenvalue weighted by atomic mass is 9.68. The van der Waals surface area contributed by atoms with Crippen molar-refractivity contribution in [3.05, 3.63) is 0 Å². The number of hydrogen-bond acceptors (Lipinski definition) is 13. The van der Waals surface area contributed by atoms with Crippen molar-refractivity contribution in [3.8, 4) is 0 Å². The van der Waals surface area contributed by atoms with Crippen LogP contribution in [0.15, 0.2) is 0 Å². The topological polar surface area (TPSA) is 180 Å². The molecule has 4 unspecified atom stereocenters. The molecule has 3 rings (SSSR count). The van der Waals surface area contributed by atoms with Gasteiger partial charge in [0.2, 0.25) is 0 Å². The lowest BCUT2D eigenvalue weighted by Gasteiger charge is -2.51. The molecule has 0 saturated carbocycles. The lowest BCUT2D eigenvalue weighted by molar-refractivity contribution is -0.302. The Labute approximate surface area is 300 Å². The second-order valence-corrected chi connectivity index (χ2v) is 16.8.